The molecule has 0 amide bonds. The van der Waals surface area contributed by atoms with Gasteiger partial charge in [-0.2, -0.15) is 0 Å². The Morgan fingerprint density at radius 2 is 1.44 bits per heavy atom. The largest absolute Gasteiger partial charge is 0.0654 e. The van der Waals surface area contributed by atoms with Gasteiger partial charge in [-0.1, -0.05) is 85.0 Å². The van der Waals surface area contributed by atoms with Gasteiger partial charge in [0, 0.05) is 0 Å². The Hall–Kier alpha value is 0. The molecule has 0 heterocycles. The third-order valence-electron chi connectivity index (χ3n) is 3.38. The monoisotopic (exact) mass is 225 g/mol. The van der Waals surface area contributed by atoms with Crippen molar-refractivity contribution in [3.63, 3.8) is 0 Å². The number of hydrogen-bond donors (Lipinski definition) is 0. The predicted molar refractivity (Wildman–Crippen MR) is 75.6 cm³/mol. The van der Waals surface area contributed by atoms with Crippen LogP contribution in [-0.2, 0) is 0 Å². The molecule has 0 rings (SSSR count). The van der Waals surface area contributed by atoms with Crippen LogP contribution in [0.15, 0.2) is 0 Å². The normalized spacial score (nSPS) is 12.9. The topological polar surface area (TPSA) is 0 Å². The predicted octanol–water partition coefficient (Wildman–Crippen LogP) is 6.16. The first-order chi connectivity index (χ1) is 7.81. The van der Waals surface area contributed by atoms with Crippen molar-refractivity contribution >= 4 is 0 Å². The van der Waals surface area contributed by atoms with E-state index in [1.54, 1.807) is 0 Å². The molecule has 97 valence electrons. The van der Waals surface area contributed by atoms with Gasteiger partial charge in [0.2, 0.25) is 0 Å². The highest BCUT2D eigenvalue weighted by Gasteiger charge is 2.01. The molecule has 1 unspecified atom stereocenters. The Bertz CT molecular complexity index is 117. The quantitative estimate of drug-likeness (QED) is 0.349. The van der Waals surface area contributed by atoms with Crippen LogP contribution < -0.4 is 0 Å². The first-order valence-electron chi connectivity index (χ1n) is 7.62. The summed E-state index contributed by atoms with van der Waals surface area (Å²) in [6.07, 6.45) is 17.9. The van der Waals surface area contributed by atoms with E-state index in [9.17, 15) is 0 Å². The van der Waals surface area contributed by atoms with Crippen molar-refractivity contribution in [1.82, 2.24) is 0 Å². The van der Waals surface area contributed by atoms with Crippen molar-refractivity contribution in [3.05, 3.63) is 6.42 Å². The van der Waals surface area contributed by atoms with Gasteiger partial charge in [0.1, 0.15) is 0 Å². The summed E-state index contributed by atoms with van der Waals surface area (Å²) in [7, 11) is 0. The summed E-state index contributed by atoms with van der Waals surface area (Å²) in [5, 5.41) is 0. The number of rotatable bonds is 12. The van der Waals surface area contributed by atoms with E-state index in [4.69, 9.17) is 0 Å². The maximum atomic E-state index is 2.53. The minimum Gasteiger partial charge on any atom is -0.0654 e. The number of unbranched alkanes of at least 4 members (excludes halogenated alkanes) is 8. The van der Waals surface area contributed by atoms with Crippen molar-refractivity contribution in [2.24, 2.45) is 5.92 Å². The molecule has 0 aliphatic rings. The van der Waals surface area contributed by atoms with E-state index in [2.05, 4.69) is 27.2 Å². The first kappa shape index (κ1) is 16.0. The standard InChI is InChI=1S/C16H33/c1-4-6-8-10-11-13-15-16(3)14-12-9-7-5-2/h13,16H,4-12,14-15H2,1-3H3. The van der Waals surface area contributed by atoms with Crippen LogP contribution in [0.25, 0.3) is 0 Å². The van der Waals surface area contributed by atoms with Crippen molar-refractivity contribution in [1.29, 1.82) is 0 Å². The summed E-state index contributed by atoms with van der Waals surface area (Å²) >= 11 is 0. The second-order valence-electron chi connectivity index (χ2n) is 5.33. The average Bonchev–Trinajstić information content (AvgIpc) is 2.29. The maximum Gasteiger partial charge on any atom is -0.0383 e. The Labute approximate surface area is 104 Å². The zero-order valence-corrected chi connectivity index (χ0v) is 11.9. The lowest BCUT2D eigenvalue weighted by atomic mass is 9.96. The van der Waals surface area contributed by atoms with E-state index in [1.165, 1.54) is 70.6 Å². The van der Waals surface area contributed by atoms with Crippen molar-refractivity contribution in [2.75, 3.05) is 0 Å². The van der Waals surface area contributed by atoms with Gasteiger partial charge >= 0.3 is 0 Å². The third kappa shape index (κ3) is 12.1. The fourth-order valence-corrected chi connectivity index (χ4v) is 2.16. The van der Waals surface area contributed by atoms with Gasteiger partial charge in [0.25, 0.3) is 0 Å². The van der Waals surface area contributed by atoms with Crippen molar-refractivity contribution in [2.45, 2.75) is 91.4 Å². The molecule has 0 N–H and O–H groups in total. The molecule has 0 spiro atoms. The molecule has 0 aromatic heterocycles. The van der Waals surface area contributed by atoms with Crippen LogP contribution in [0.2, 0.25) is 0 Å². The van der Waals surface area contributed by atoms with Gasteiger partial charge in [-0.3, -0.25) is 0 Å². The van der Waals surface area contributed by atoms with Gasteiger partial charge in [-0.15, -0.1) is 0 Å². The van der Waals surface area contributed by atoms with Gasteiger partial charge in [0.05, 0.1) is 0 Å². The van der Waals surface area contributed by atoms with E-state index in [0.29, 0.717) is 0 Å². The zero-order valence-electron chi connectivity index (χ0n) is 11.9. The summed E-state index contributed by atoms with van der Waals surface area (Å²) in [4.78, 5) is 0. The second-order valence-corrected chi connectivity index (χ2v) is 5.33. The van der Waals surface area contributed by atoms with Gasteiger partial charge in [-0.25, -0.2) is 0 Å². The Morgan fingerprint density at radius 3 is 2.06 bits per heavy atom. The molecule has 0 aliphatic carbocycles. The molecule has 1 atom stereocenters. The van der Waals surface area contributed by atoms with Crippen LogP contribution in [0.3, 0.4) is 0 Å². The molecule has 0 saturated carbocycles. The van der Waals surface area contributed by atoms with E-state index in [1.807, 2.05) is 0 Å². The minimum atomic E-state index is 0.919. The van der Waals surface area contributed by atoms with Crippen LogP contribution in [-0.4, -0.2) is 0 Å². The van der Waals surface area contributed by atoms with Crippen molar-refractivity contribution < 1.29 is 0 Å². The van der Waals surface area contributed by atoms with E-state index < -0.39 is 0 Å². The molecule has 1 radical (unpaired) electrons. The Morgan fingerprint density at radius 1 is 0.812 bits per heavy atom. The van der Waals surface area contributed by atoms with Gasteiger partial charge in [-0.05, 0) is 18.8 Å². The summed E-state index contributed by atoms with van der Waals surface area (Å²) in [5.41, 5.74) is 0. The van der Waals surface area contributed by atoms with E-state index in [0.717, 1.165) is 5.92 Å². The van der Waals surface area contributed by atoms with E-state index >= 15 is 0 Å². The maximum absolute atomic E-state index is 2.53. The van der Waals surface area contributed by atoms with Crippen LogP contribution in [0, 0.1) is 12.3 Å². The minimum absolute atomic E-state index is 0.919. The molecule has 0 heteroatoms. The van der Waals surface area contributed by atoms with Crippen LogP contribution >= 0.6 is 0 Å². The lowest BCUT2D eigenvalue weighted by molar-refractivity contribution is 0.475. The molecular weight excluding hydrogens is 192 g/mol. The molecule has 0 aromatic carbocycles. The summed E-state index contributed by atoms with van der Waals surface area (Å²) in [6.45, 7) is 6.98. The van der Waals surface area contributed by atoms with Crippen LogP contribution in [0.4, 0.5) is 0 Å². The van der Waals surface area contributed by atoms with Crippen LogP contribution in [0.1, 0.15) is 91.4 Å². The highest BCUT2D eigenvalue weighted by atomic mass is 14.1. The molecular formula is C16H33. The summed E-state index contributed by atoms with van der Waals surface area (Å²) < 4.78 is 0. The molecule has 0 nitrogen and oxygen atoms in total. The molecule has 0 bridgehead atoms. The smallest absolute Gasteiger partial charge is 0.0383 e. The fourth-order valence-electron chi connectivity index (χ4n) is 2.16. The SMILES string of the molecule is CCCCCC[CH]CC(C)CCCCCC. The molecule has 0 aliphatic heterocycles. The highest BCUT2D eigenvalue weighted by molar-refractivity contribution is 4.68. The molecule has 0 aromatic rings. The first-order valence-corrected chi connectivity index (χ1v) is 7.62. The fraction of sp³-hybridized carbons (Fsp3) is 0.938. The molecule has 0 fully saturated rings. The lowest BCUT2D eigenvalue weighted by Crippen LogP contribution is -1.95. The van der Waals surface area contributed by atoms with E-state index in [-0.39, 0.29) is 0 Å². The Balaban J connectivity index is 3.08. The van der Waals surface area contributed by atoms with Crippen molar-refractivity contribution in [3.8, 4) is 0 Å². The lowest BCUT2D eigenvalue weighted by Gasteiger charge is -2.10. The second kappa shape index (κ2) is 13.1. The Kier molecular flexibility index (Phi) is 13.1. The summed E-state index contributed by atoms with van der Waals surface area (Å²) in [5.74, 6) is 0.919. The average molecular weight is 225 g/mol. The van der Waals surface area contributed by atoms with Crippen LogP contribution in [0.5, 0.6) is 0 Å². The zero-order chi connectivity index (χ0) is 12.1. The molecule has 0 saturated heterocycles. The molecule has 16 heavy (non-hydrogen) atoms. The van der Waals surface area contributed by atoms with Gasteiger partial charge in [0.15, 0.2) is 0 Å². The highest BCUT2D eigenvalue weighted by Crippen LogP contribution is 2.17. The third-order valence-corrected chi connectivity index (χ3v) is 3.38. The summed E-state index contributed by atoms with van der Waals surface area (Å²) in [6, 6.07) is 0. The van der Waals surface area contributed by atoms with Gasteiger partial charge < -0.3 is 0 Å². The number of hydrogen-bond acceptors (Lipinski definition) is 0.